The molecular formula is C27H27NO2. The maximum atomic E-state index is 5.92. The quantitative estimate of drug-likeness (QED) is 0.295. The van der Waals surface area contributed by atoms with E-state index in [1.54, 1.807) is 6.08 Å². The second kappa shape index (κ2) is 10.3. The minimum absolute atomic E-state index is 0.338. The number of rotatable bonds is 10. The Balaban J connectivity index is 1.59. The van der Waals surface area contributed by atoms with Gasteiger partial charge in [0.15, 0.2) is 0 Å². The van der Waals surface area contributed by atoms with Crippen molar-refractivity contribution in [2.45, 2.75) is 31.6 Å². The molecular weight excluding hydrogens is 370 g/mol. The van der Waals surface area contributed by atoms with Gasteiger partial charge in [-0.25, -0.2) is 4.98 Å². The Kier molecular flexibility index (Phi) is 7.29. The van der Waals surface area contributed by atoms with Crippen LogP contribution in [-0.4, -0.2) is 11.6 Å². The number of pyridine rings is 1. The molecule has 0 saturated heterocycles. The van der Waals surface area contributed by atoms with Crippen LogP contribution in [0.15, 0.2) is 85.5 Å². The fourth-order valence-electron chi connectivity index (χ4n) is 3.26. The molecule has 0 fully saturated rings. The minimum atomic E-state index is -0.338. The number of nitrogens with zero attached hydrogens (tertiary/aromatic N) is 1. The van der Waals surface area contributed by atoms with E-state index in [2.05, 4.69) is 24.4 Å². The molecule has 2 aromatic carbocycles. The van der Waals surface area contributed by atoms with E-state index in [0.29, 0.717) is 12.5 Å². The highest BCUT2D eigenvalue weighted by atomic mass is 16.5. The van der Waals surface area contributed by atoms with E-state index in [0.717, 1.165) is 42.0 Å². The van der Waals surface area contributed by atoms with Gasteiger partial charge in [0, 0.05) is 11.8 Å². The van der Waals surface area contributed by atoms with Gasteiger partial charge >= 0.3 is 0 Å². The Bertz CT molecular complexity index is 989. The lowest BCUT2D eigenvalue weighted by molar-refractivity contribution is 0.363. The average molecular weight is 398 g/mol. The molecule has 3 nitrogen and oxygen atoms in total. The first-order valence-corrected chi connectivity index (χ1v) is 10.1. The van der Waals surface area contributed by atoms with Crippen molar-refractivity contribution in [2.24, 2.45) is 0 Å². The second-order valence-corrected chi connectivity index (χ2v) is 7.34. The summed E-state index contributed by atoms with van der Waals surface area (Å²) in [5.41, 5.74) is 1.77. The Morgan fingerprint density at radius 1 is 1.00 bits per heavy atom. The Hall–Kier alpha value is -3.51. The van der Waals surface area contributed by atoms with Crippen LogP contribution in [0.2, 0.25) is 0 Å². The topological polar surface area (TPSA) is 31.4 Å². The van der Waals surface area contributed by atoms with Crippen LogP contribution in [-0.2, 0) is 11.8 Å². The van der Waals surface area contributed by atoms with E-state index in [9.17, 15) is 0 Å². The maximum Gasteiger partial charge on any atom is 0.219 e. The predicted octanol–water partition coefficient (Wildman–Crippen LogP) is 6.35. The van der Waals surface area contributed by atoms with Crippen LogP contribution >= 0.6 is 0 Å². The van der Waals surface area contributed by atoms with E-state index in [1.807, 2.05) is 72.8 Å². The zero-order valence-electron chi connectivity index (χ0n) is 17.4. The van der Waals surface area contributed by atoms with Crippen LogP contribution in [0.4, 0.5) is 0 Å². The summed E-state index contributed by atoms with van der Waals surface area (Å²) < 4.78 is 11.4. The van der Waals surface area contributed by atoms with Gasteiger partial charge in [0.1, 0.15) is 18.1 Å². The van der Waals surface area contributed by atoms with E-state index >= 15 is 0 Å². The molecule has 1 aromatic heterocycles. The van der Waals surface area contributed by atoms with Gasteiger partial charge in [-0.2, -0.15) is 0 Å². The second-order valence-electron chi connectivity index (χ2n) is 7.34. The Labute approximate surface area is 179 Å². The van der Waals surface area contributed by atoms with Gasteiger partial charge < -0.3 is 9.47 Å². The molecule has 0 N–H and O–H groups in total. The minimum Gasteiger partial charge on any atom is -0.490 e. The van der Waals surface area contributed by atoms with Crippen LogP contribution in [0.1, 0.15) is 31.0 Å². The van der Waals surface area contributed by atoms with Gasteiger partial charge in [-0.15, -0.1) is 6.42 Å². The summed E-state index contributed by atoms with van der Waals surface area (Å²) in [5.74, 6) is 5.19. The van der Waals surface area contributed by atoms with Crippen LogP contribution < -0.4 is 9.47 Å². The smallest absolute Gasteiger partial charge is 0.219 e. The molecule has 3 aromatic rings. The van der Waals surface area contributed by atoms with Crippen molar-refractivity contribution in [3.63, 3.8) is 0 Å². The van der Waals surface area contributed by atoms with Crippen molar-refractivity contribution in [3.05, 3.63) is 96.7 Å². The molecule has 3 rings (SSSR count). The standard InChI is InChI=1S/C27H27NO2/c1-4-21-29-24-18-16-22(17-19-24)27(3,5-2)20-10-12-23-11-9-15-26(28-23)30-25-13-7-6-8-14-25/h2,4,6-9,11,13-19H,1,10,12,20-21H2,3H3. The summed E-state index contributed by atoms with van der Waals surface area (Å²) in [5, 5.41) is 0. The summed E-state index contributed by atoms with van der Waals surface area (Å²) in [6, 6.07) is 23.6. The van der Waals surface area contributed by atoms with Crippen LogP contribution in [0.5, 0.6) is 17.4 Å². The van der Waals surface area contributed by atoms with Gasteiger partial charge in [-0.05, 0) is 62.1 Å². The zero-order chi connectivity index (χ0) is 21.2. The molecule has 1 heterocycles. The molecule has 0 amide bonds. The SMILES string of the molecule is C#CC(C)(CCCc1cccc(Oc2ccccc2)n1)c1ccc(OCC=C)cc1. The fraction of sp³-hybridized carbons (Fsp3) is 0.222. The largest absolute Gasteiger partial charge is 0.490 e. The van der Waals surface area contributed by atoms with Crippen molar-refractivity contribution < 1.29 is 9.47 Å². The van der Waals surface area contributed by atoms with Crippen LogP contribution in [0, 0.1) is 12.3 Å². The first-order chi connectivity index (χ1) is 14.6. The molecule has 0 aliphatic heterocycles. The molecule has 0 saturated carbocycles. The van der Waals surface area contributed by atoms with Crippen molar-refractivity contribution >= 4 is 0 Å². The monoisotopic (exact) mass is 397 g/mol. The number of hydrogen-bond acceptors (Lipinski definition) is 3. The lowest BCUT2D eigenvalue weighted by Crippen LogP contribution is -2.19. The molecule has 0 bridgehead atoms. The third kappa shape index (κ3) is 5.75. The van der Waals surface area contributed by atoms with E-state index in [4.69, 9.17) is 15.9 Å². The Morgan fingerprint density at radius 3 is 2.47 bits per heavy atom. The van der Waals surface area contributed by atoms with Crippen molar-refractivity contribution in [1.29, 1.82) is 0 Å². The molecule has 0 radical (unpaired) electrons. The summed E-state index contributed by atoms with van der Waals surface area (Å²) in [6.45, 7) is 6.26. The van der Waals surface area contributed by atoms with E-state index < -0.39 is 0 Å². The number of aryl methyl sites for hydroxylation is 1. The number of benzene rings is 2. The summed E-state index contributed by atoms with van der Waals surface area (Å²) >= 11 is 0. The molecule has 30 heavy (non-hydrogen) atoms. The third-order valence-corrected chi connectivity index (χ3v) is 5.03. The number of aromatic nitrogens is 1. The lowest BCUT2D eigenvalue weighted by atomic mass is 9.79. The van der Waals surface area contributed by atoms with E-state index in [1.165, 1.54) is 0 Å². The summed E-state index contributed by atoms with van der Waals surface area (Å²) in [7, 11) is 0. The van der Waals surface area contributed by atoms with Crippen molar-refractivity contribution in [2.75, 3.05) is 6.61 Å². The fourth-order valence-corrected chi connectivity index (χ4v) is 3.26. The highest BCUT2D eigenvalue weighted by Gasteiger charge is 2.23. The van der Waals surface area contributed by atoms with Gasteiger partial charge in [0.25, 0.3) is 0 Å². The van der Waals surface area contributed by atoms with Gasteiger partial charge in [-0.1, -0.05) is 55.0 Å². The first-order valence-electron chi connectivity index (χ1n) is 10.1. The number of para-hydroxylation sites is 1. The molecule has 1 unspecified atom stereocenters. The molecule has 0 aliphatic rings. The lowest BCUT2D eigenvalue weighted by Gasteiger charge is -2.24. The first kappa shape index (κ1) is 21.2. The highest BCUT2D eigenvalue weighted by Crippen LogP contribution is 2.30. The molecule has 0 aliphatic carbocycles. The van der Waals surface area contributed by atoms with Crippen LogP contribution in [0.25, 0.3) is 0 Å². The summed E-state index contributed by atoms with van der Waals surface area (Å²) in [6.07, 6.45) is 10.3. The summed E-state index contributed by atoms with van der Waals surface area (Å²) in [4.78, 5) is 4.63. The highest BCUT2D eigenvalue weighted by molar-refractivity contribution is 5.37. The molecule has 3 heteroatoms. The average Bonchev–Trinajstić information content (AvgIpc) is 2.79. The van der Waals surface area contributed by atoms with Gasteiger partial charge in [-0.3, -0.25) is 0 Å². The predicted molar refractivity (Wildman–Crippen MR) is 122 cm³/mol. The molecule has 152 valence electrons. The van der Waals surface area contributed by atoms with Crippen molar-refractivity contribution in [3.8, 4) is 29.7 Å². The van der Waals surface area contributed by atoms with Crippen molar-refractivity contribution in [1.82, 2.24) is 4.98 Å². The Morgan fingerprint density at radius 2 is 1.77 bits per heavy atom. The van der Waals surface area contributed by atoms with E-state index in [-0.39, 0.29) is 5.41 Å². The van der Waals surface area contributed by atoms with Crippen LogP contribution in [0.3, 0.4) is 0 Å². The maximum absolute atomic E-state index is 5.92. The number of ether oxygens (including phenoxy) is 2. The zero-order valence-corrected chi connectivity index (χ0v) is 17.4. The third-order valence-electron chi connectivity index (χ3n) is 5.03. The van der Waals surface area contributed by atoms with Gasteiger partial charge in [0.05, 0.1) is 5.41 Å². The normalized spacial score (nSPS) is 12.4. The number of hydrogen-bond donors (Lipinski definition) is 0. The molecule has 0 spiro atoms. The molecule has 1 atom stereocenters. The number of terminal acetylenes is 1. The van der Waals surface area contributed by atoms with Gasteiger partial charge in [0.2, 0.25) is 5.88 Å².